The molecule has 0 radical (unpaired) electrons. The monoisotopic (exact) mass is 293 g/mol. The van der Waals surface area contributed by atoms with Crippen molar-refractivity contribution in [2.75, 3.05) is 12.4 Å². The largest absolute Gasteiger partial charge is 0.380 e. The van der Waals surface area contributed by atoms with Crippen LogP contribution < -0.4 is 5.32 Å². The highest BCUT2D eigenvalue weighted by Gasteiger charge is 2.08. The Morgan fingerprint density at radius 1 is 1.25 bits per heavy atom. The number of benzene rings is 2. The van der Waals surface area contributed by atoms with Gasteiger partial charge in [0.15, 0.2) is 0 Å². The molecule has 4 heteroatoms. The van der Waals surface area contributed by atoms with Crippen molar-refractivity contribution in [2.24, 2.45) is 0 Å². The molecule has 1 unspecified atom stereocenters. The van der Waals surface area contributed by atoms with Gasteiger partial charge in [-0.25, -0.2) is 4.39 Å². The summed E-state index contributed by atoms with van der Waals surface area (Å²) in [6.07, 6.45) is 0. The molecule has 2 aromatic rings. The van der Waals surface area contributed by atoms with Crippen molar-refractivity contribution in [3.63, 3.8) is 0 Å². The van der Waals surface area contributed by atoms with Crippen LogP contribution in [-0.2, 0) is 11.3 Å². The zero-order valence-corrected chi connectivity index (χ0v) is 12.2. The molecule has 106 valence electrons. The number of methoxy groups -OCH3 is 1. The van der Waals surface area contributed by atoms with Crippen molar-refractivity contribution in [1.29, 1.82) is 0 Å². The summed E-state index contributed by atoms with van der Waals surface area (Å²) in [6.45, 7) is 2.55. The van der Waals surface area contributed by atoms with E-state index >= 15 is 0 Å². The third-order valence-electron chi connectivity index (χ3n) is 3.06. The van der Waals surface area contributed by atoms with E-state index in [9.17, 15) is 4.39 Å². The maximum Gasteiger partial charge on any atom is 0.142 e. The molecule has 2 rings (SSSR count). The Morgan fingerprint density at radius 3 is 2.75 bits per heavy atom. The highest BCUT2D eigenvalue weighted by atomic mass is 35.5. The van der Waals surface area contributed by atoms with Gasteiger partial charge in [0.05, 0.1) is 11.6 Å². The molecule has 1 N–H and O–H groups in total. The SMILES string of the molecule is COCc1cccc(NC(C)c2ccc(Cl)c(F)c2)c1. The summed E-state index contributed by atoms with van der Waals surface area (Å²) in [5, 5.41) is 3.48. The lowest BCUT2D eigenvalue weighted by molar-refractivity contribution is 0.185. The molecule has 0 spiro atoms. The van der Waals surface area contributed by atoms with Crippen LogP contribution in [0.1, 0.15) is 24.1 Å². The average Bonchev–Trinajstić information content (AvgIpc) is 2.42. The van der Waals surface area contributed by atoms with Crippen LogP contribution in [0.5, 0.6) is 0 Å². The summed E-state index contributed by atoms with van der Waals surface area (Å²) in [4.78, 5) is 0. The molecule has 0 aromatic heterocycles. The first-order valence-electron chi connectivity index (χ1n) is 6.39. The van der Waals surface area contributed by atoms with Crippen LogP contribution in [0, 0.1) is 5.82 Å². The Hall–Kier alpha value is -1.58. The lowest BCUT2D eigenvalue weighted by atomic mass is 10.1. The average molecular weight is 294 g/mol. The van der Waals surface area contributed by atoms with Gasteiger partial charge in [0, 0.05) is 18.8 Å². The number of halogens is 2. The molecule has 0 aliphatic heterocycles. The smallest absolute Gasteiger partial charge is 0.142 e. The number of rotatable bonds is 5. The molecular weight excluding hydrogens is 277 g/mol. The molecule has 0 aliphatic rings. The zero-order chi connectivity index (χ0) is 14.5. The second kappa shape index (κ2) is 6.73. The number of nitrogens with one attached hydrogen (secondary N) is 1. The Balaban J connectivity index is 2.12. The Labute approximate surface area is 123 Å². The first-order chi connectivity index (χ1) is 9.60. The molecule has 2 aromatic carbocycles. The van der Waals surface area contributed by atoms with Gasteiger partial charge in [0.1, 0.15) is 5.82 Å². The Kier molecular flexibility index (Phi) is 4.99. The number of hydrogen-bond donors (Lipinski definition) is 1. The summed E-state index contributed by atoms with van der Waals surface area (Å²) in [5.41, 5.74) is 2.92. The van der Waals surface area contributed by atoms with Gasteiger partial charge in [-0.2, -0.15) is 0 Å². The molecule has 0 fully saturated rings. The van der Waals surface area contributed by atoms with E-state index in [4.69, 9.17) is 16.3 Å². The Bertz CT molecular complexity index is 588. The van der Waals surface area contributed by atoms with Gasteiger partial charge < -0.3 is 10.1 Å². The molecule has 0 heterocycles. The van der Waals surface area contributed by atoms with Crippen molar-refractivity contribution in [3.8, 4) is 0 Å². The summed E-state index contributed by atoms with van der Waals surface area (Å²) in [6, 6.07) is 12.8. The van der Waals surface area contributed by atoms with E-state index in [1.807, 2.05) is 37.3 Å². The summed E-state index contributed by atoms with van der Waals surface area (Å²) in [5.74, 6) is -0.397. The van der Waals surface area contributed by atoms with Crippen LogP contribution in [0.25, 0.3) is 0 Å². The van der Waals surface area contributed by atoms with E-state index < -0.39 is 5.82 Å². The molecule has 1 atom stereocenters. The normalized spacial score (nSPS) is 12.2. The van der Waals surface area contributed by atoms with E-state index in [1.54, 1.807) is 13.2 Å². The topological polar surface area (TPSA) is 21.3 Å². The maximum absolute atomic E-state index is 13.5. The molecule has 0 saturated heterocycles. The van der Waals surface area contributed by atoms with Crippen molar-refractivity contribution in [2.45, 2.75) is 19.6 Å². The van der Waals surface area contributed by atoms with Crippen LogP contribution in [0.3, 0.4) is 0 Å². The van der Waals surface area contributed by atoms with Gasteiger partial charge in [0.2, 0.25) is 0 Å². The van der Waals surface area contributed by atoms with Crippen LogP contribution in [-0.4, -0.2) is 7.11 Å². The van der Waals surface area contributed by atoms with E-state index in [0.29, 0.717) is 6.61 Å². The molecule has 0 saturated carbocycles. The minimum Gasteiger partial charge on any atom is -0.380 e. The quantitative estimate of drug-likeness (QED) is 0.855. The fourth-order valence-corrected chi connectivity index (χ4v) is 2.15. The summed E-state index contributed by atoms with van der Waals surface area (Å²) < 4.78 is 18.6. The van der Waals surface area contributed by atoms with Gasteiger partial charge in [0.25, 0.3) is 0 Å². The minimum absolute atomic E-state index is 0.0143. The fraction of sp³-hybridized carbons (Fsp3) is 0.250. The number of anilines is 1. The second-order valence-corrected chi connectivity index (χ2v) is 5.08. The van der Waals surface area contributed by atoms with E-state index in [-0.39, 0.29) is 11.1 Å². The van der Waals surface area contributed by atoms with Crippen molar-refractivity contribution < 1.29 is 9.13 Å². The van der Waals surface area contributed by atoms with Gasteiger partial charge in [-0.3, -0.25) is 0 Å². The lowest BCUT2D eigenvalue weighted by Gasteiger charge is -2.16. The van der Waals surface area contributed by atoms with Crippen LogP contribution in [0.4, 0.5) is 10.1 Å². The molecule has 2 nitrogen and oxygen atoms in total. The molecule has 0 bridgehead atoms. The highest BCUT2D eigenvalue weighted by molar-refractivity contribution is 6.30. The van der Waals surface area contributed by atoms with Crippen LogP contribution >= 0.6 is 11.6 Å². The summed E-state index contributed by atoms with van der Waals surface area (Å²) in [7, 11) is 1.67. The van der Waals surface area contributed by atoms with E-state index in [2.05, 4.69) is 5.32 Å². The third kappa shape index (κ3) is 3.71. The summed E-state index contributed by atoms with van der Waals surface area (Å²) >= 11 is 5.69. The number of ether oxygens (including phenoxy) is 1. The van der Waals surface area contributed by atoms with Crippen LogP contribution in [0.15, 0.2) is 42.5 Å². The number of hydrogen-bond acceptors (Lipinski definition) is 2. The fourth-order valence-electron chi connectivity index (χ4n) is 2.03. The maximum atomic E-state index is 13.5. The lowest BCUT2D eigenvalue weighted by Crippen LogP contribution is -2.07. The van der Waals surface area contributed by atoms with Gasteiger partial charge >= 0.3 is 0 Å². The van der Waals surface area contributed by atoms with Crippen molar-refractivity contribution in [3.05, 3.63) is 64.4 Å². The predicted molar refractivity (Wildman–Crippen MR) is 80.6 cm³/mol. The molecule has 0 aliphatic carbocycles. The first kappa shape index (κ1) is 14.8. The van der Waals surface area contributed by atoms with Crippen molar-refractivity contribution >= 4 is 17.3 Å². The van der Waals surface area contributed by atoms with E-state index in [1.165, 1.54) is 6.07 Å². The third-order valence-corrected chi connectivity index (χ3v) is 3.37. The van der Waals surface area contributed by atoms with Gasteiger partial charge in [-0.1, -0.05) is 29.8 Å². The minimum atomic E-state index is -0.397. The van der Waals surface area contributed by atoms with Crippen LogP contribution in [0.2, 0.25) is 5.02 Å². The first-order valence-corrected chi connectivity index (χ1v) is 6.77. The standard InChI is InChI=1S/C16H17ClFNO/c1-11(13-6-7-15(17)16(18)9-13)19-14-5-3-4-12(8-14)10-20-2/h3-9,11,19H,10H2,1-2H3. The molecular formula is C16H17ClFNO. The molecule has 0 amide bonds. The van der Waals surface area contributed by atoms with Gasteiger partial charge in [-0.15, -0.1) is 0 Å². The predicted octanol–water partition coefficient (Wildman–Crippen LogP) is 4.80. The second-order valence-electron chi connectivity index (χ2n) is 4.67. The van der Waals surface area contributed by atoms with Crippen molar-refractivity contribution in [1.82, 2.24) is 0 Å². The molecule has 20 heavy (non-hydrogen) atoms. The highest BCUT2D eigenvalue weighted by Crippen LogP contribution is 2.23. The zero-order valence-electron chi connectivity index (χ0n) is 11.5. The van der Waals surface area contributed by atoms with E-state index in [0.717, 1.165) is 16.8 Å². The van der Waals surface area contributed by atoms with Gasteiger partial charge in [-0.05, 0) is 42.3 Å². The Morgan fingerprint density at radius 2 is 2.05 bits per heavy atom.